The van der Waals surface area contributed by atoms with E-state index in [1.165, 1.54) is 17.0 Å². The van der Waals surface area contributed by atoms with Crippen LogP contribution in [0.5, 0.6) is 5.75 Å². The predicted molar refractivity (Wildman–Crippen MR) is 155 cm³/mol. The molecule has 3 aromatic rings. The monoisotopic (exact) mass is 556 g/mol. The Morgan fingerprint density at radius 2 is 1.59 bits per heavy atom. The van der Waals surface area contributed by atoms with Gasteiger partial charge in [0.25, 0.3) is 0 Å². The second-order valence-corrected chi connectivity index (χ2v) is 10.7. The number of benzene rings is 3. The molecule has 0 bridgehead atoms. The molecule has 3 amide bonds. The van der Waals surface area contributed by atoms with Crippen molar-refractivity contribution in [2.45, 2.75) is 58.3 Å². The molecule has 214 valence electrons. The highest BCUT2D eigenvalue weighted by Crippen LogP contribution is 2.26. The molecule has 41 heavy (non-hydrogen) atoms. The number of phenols is 1. The molecule has 0 spiro atoms. The fourth-order valence-corrected chi connectivity index (χ4v) is 4.32. The lowest BCUT2D eigenvalue weighted by Crippen LogP contribution is -2.54. The Kier molecular flexibility index (Phi) is 10.5. The van der Waals surface area contributed by atoms with E-state index in [9.17, 15) is 24.8 Å². The van der Waals surface area contributed by atoms with Crippen molar-refractivity contribution in [1.29, 1.82) is 5.26 Å². The van der Waals surface area contributed by atoms with Gasteiger partial charge >= 0.3 is 6.09 Å². The van der Waals surface area contributed by atoms with Gasteiger partial charge in [-0.2, -0.15) is 5.26 Å². The number of hydrogen-bond acceptors (Lipinski definition) is 6. The van der Waals surface area contributed by atoms with Crippen LogP contribution in [0.2, 0.25) is 0 Å². The maximum absolute atomic E-state index is 14.2. The summed E-state index contributed by atoms with van der Waals surface area (Å²) in [5, 5.41) is 25.0. The zero-order valence-corrected chi connectivity index (χ0v) is 23.8. The molecule has 0 aromatic heterocycles. The van der Waals surface area contributed by atoms with Crippen LogP contribution in [-0.4, -0.2) is 46.1 Å². The molecule has 3 aromatic carbocycles. The first-order valence-electron chi connectivity index (χ1n) is 13.3. The molecule has 0 saturated carbocycles. The van der Waals surface area contributed by atoms with Gasteiger partial charge in [0.15, 0.2) is 0 Å². The molecule has 0 fully saturated rings. The van der Waals surface area contributed by atoms with Crippen LogP contribution >= 0.6 is 0 Å². The first-order valence-corrected chi connectivity index (χ1v) is 13.3. The van der Waals surface area contributed by atoms with Crippen LogP contribution in [0.15, 0.2) is 78.9 Å². The number of nitrogens with zero attached hydrogens (tertiary/aromatic N) is 2. The van der Waals surface area contributed by atoms with E-state index in [1.54, 1.807) is 45.0 Å². The number of alkyl carbamates (subject to hydrolysis) is 1. The topological polar surface area (TPSA) is 132 Å². The summed E-state index contributed by atoms with van der Waals surface area (Å²) in [7, 11) is 0. The number of nitrogens with one attached hydrogen (secondary N) is 2. The van der Waals surface area contributed by atoms with Gasteiger partial charge in [-0.1, -0.05) is 66.7 Å². The van der Waals surface area contributed by atoms with Crippen molar-refractivity contribution in [2.75, 3.05) is 6.54 Å². The molecule has 9 heteroatoms. The van der Waals surface area contributed by atoms with Gasteiger partial charge in [0.1, 0.15) is 30.0 Å². The van der Waals surface area contributed by atoms with Crippen molar-refractivity contribution in [3.8, 4) is 11.8 Å². The predicted octanol–water partition coefficient (Wildman–Crippen LogP) is 4.55. The van der Waals surface area contributed by atoms with Gasteiger partial charge in [-0.3, -0.25) is 9.59 Å². The first kappa shape index (κ1) is 30.7. The number of amides is 3. The van der Waals surface area contributed by atoms with Gasteiger partial charge in [-0.15, -0.1) is 0 Å². The summed E-state index contributed by atoms with van der Waals surface area (Å²) in [4.78, 5) is 41.9. The van der Waals surface area contributed by atoms with Crippen molar-refractivity contribution in [3.63, 3.8) is 0 Å². The SMILES string of the molecule is Cc1ccccc1C(C(=O)NCc1ccccc1)N(CC#N)C(=O)C(Cc1ccc(O)cc1)NC(=O)OC(C)(C)C. The third-order valence-electron chi connectivity index (χ3n) is 6.24. The molecular formula is C32H36N4O5. The van der Waals surface area contributed by atoms with Crippen molar-refractivity contribution in [1.82, 2.24) is 15.5 Å². The number of rotatable bonds is 10. The number of hydrogen-bond donors (Lipinski definition) is 3. The zero-order chi connectivity index (χ0) is 30.0. The van der Waals surface area contributed by atoms with Crippen molar-refractivity contribution in [2.24, 2.45) is 0 Å². The zero-order valence-electron chi connectivity index (χ0n) is 23.8. The normalized spacial score (nSPS) is 12.4. The van der Waals surface area contributed by atoms with Crippen molar-refractivity contribution < 1.29 is 24.2 Å². The average Bonchev–Trinajstić information content (AvgIpc) is 2.92. The Balaban J connectivity index is 2.00. The fourth-order valence-electron chi connectivity index (χ4n) is 4.32. The van der Waals surface area contributed by atoms with Crippen LogP contribution in [0.25, 0.3) is 0 Å². The lowest BCUT2D eigenvalue weighted by Gasteiger charge is -2.33. The quantitative estimate of drug-likeness (QED) is 0.314. The summed E-state index contributed by atoms with van der Waals surface area (Å²) >= 11 is 0. The van der Waals surface area contributed by atoms with Crippen molar-refractivity contribution >= 4 is 17.9 Å². The number of phenolic OH excluding ortho intramolecular Hbond substituents is 1. The van der Waals surface area contributed by atoms with Crippen LogP contribution < -0.4 is 10.6 Å². The third-order valence-corrected chi connectivity index (χ3v) is 6.24. The molecule has 9 nitrogen and oxygen atoms in total. The van der Waals surface area contributed by atoms with E-state index in [4.69, 9.17) is 4.74 Å². The molecule has 2 atom stereocenters. The van der Waals surface area contributed by atoms with Gasteiger partial charge in [0, 0.05) is 13.0 Å². The summed E-state index contributed by atoms with van der Waals surface area (Å²) < 4.78 is 5.41. The summed E-state index contributed by atoms with van der Waals surface area (Å²) in [6.07, 6.45) is -0.778. The lowest BCUT2D eigenvalue weighted by molar-refractivity contribution is -0.141. The Labute approximate surface area is 240 Å². The minimum atomic E-state index is -1.17. The number of carbonyl (C=O) groups excluding carboxylic acids is 3. The van der Waals surface area contributed by atoms with E-state index >= 15 is 0 Å². The largest absolute Gasteiger partial charge is 0.508 e. The number of carbonyl (C=O) groups is 3. The standard InChI is InChI=1S/C32H36N4O5/c1-22-10-8-9-13-26(22)28(29(38)34-21-24-11-6-5-7-12-24)36(19-18-33)30(39)27(35-31(40)41-32(2,3)4)20-23-14-16-25(37)17-15-23/h5-17,27-28,37H,19-21H2,1-4H3,(H,34,38)(H,35,40). The van der Waals surface area contributed by atoms with Crippen molar-refractivity contribution in [3.05, 3.63) is 101 Å². The lowest BCUT2D eigenvalue weighted by atomic mass is 9.97. The fraction of sp³-hybridized carbons (Fsp3) is 0.312. The number of aryl methyl sites for hydroxylation is 1. The average molecular weight is 557 g/mol. The highest BCUT2D eigenvalue weighted by Gasteiger charge is 2.37. The maximum Gasteiger partial charge on any atom is 0.408 e. The molecule has 0 aliphatic carbocycles. The Bertz CT molecular complexity index is 1380. The molecule has 0 aliphatic rings. The van der Waals surface area contributed by atoms with Gasteiger partial charge in [-0.05, 0) is 62.1 Å². The van der Waals surface area contributed by atoms with E-state index in [0.717, 1.165) is 11.1 Å². The summed E-state index contributed by atoms with van der Waals surface area (Å²) in [6.45, 7) is 6.76. The summed E-state index contributed by atoms with van der Waals surface area (Å²) in [5.41, 5.74) is 2.03. The Morgan fingerprint density at radius 1 is 0.951 bits per heavy atom. The van der Waals surface area contributed by atoms with Crippen LogP contribution in [0.1, 0.15) is 49.1 Å². The first-order chi connectivity index (χ1) is 19.5. The highest BCUT2D eigenvalue weighted by molar-refractivity contribution is 5.92. The van der Waals surface area contributed by atoms with E-state index in [-0.39, 0.29) is 18.7 Å². The van der Waals surface area contributed by atoms with Gasteiger partial charge in [0.05, 0.1) is 6.07 Å². The number of aromatic hydroxyl groups is 1. The van der Waals surface area contributed by atoms with Gasteiger partial charge in [0.2, 0.25) is 11.8 Å². The van der Waals surface area contributed by atoms with Crippen LogP contribution in [0.4, 0.5) is 4.79 Å². The molecule has 3 rings (SSSR count). The summed E-state index contributed by atoms with van der Waals surface area (Å²) in [5.74, 6) is -1.04. The molecule has 2 unspecified atom stereocenters. The summed E-state index contributed by atoms with van der Waals surface area (Å²) in [6, 6.07) is 22.4. The highest BCUT2D eigenvalue weighted by atomic mass is 16.6. The second kappa shape index (κ2) is 14.0. The van der Waals surface area contributed by atoms with Gasteiger partial charge < -0.3 is 25.4 Å². The second-order valence-electron chi connectivity index (χ2n) is 10.7. The minimum absolute atomic E-state index is 0.0341. The maximum atomic E-state index is 14.2. The van der Waals surface area contributed by atoms with Crippen LogP contribution in [-0.2, 0) is 27.3 Å². The number of ether oxygens (including phenoxy) is 1. The van der Waals surface area contributed by atoms with E-state index < -0.39 is 42.1 Å². The van der Waals surface area contributed by atoms with Gasteiger partial charge in [-0.25, -0.2) is 4.79 Å². The third kappa shape index (κ3) is 9.11. The number of nitriles is 1. The molecular weight excluding hydrogens is 520 g/mol. The Morgan fingerprint density at radius 3 is 2.20 bits per heavy atom. The van der Waals surface area contributed by atoms with Crippen LogP contribution in [0, 0.1) is 18.3 Å². The molecule has 0 radical (unpaired) electrons. The van der Waals surface area contributed by atoms with E-state index in [1.807, 2.05) is 55.5 Å². The molecule has 3 N–H and O–H groups in total. The molecule has 0 saturated heterocycles. The molecule has 0 aliphatic heterocycles. The smallest absolute Gasteiger partial charge is 0.408 e. The van der Waals surface area contributed by atoms with Crippen LogP contribution in [0.3, 0.4) is 0 Å². The van der Waals surface area contributed by atoms with E-state index in [0.29, 0.717) is 11.1 Å². The minimum Gasteiger partial charge on any atom is -0.508 e. The van der Waals surface area contributed by atoms with E-state index in [2.05, 4.69) is 10.6 Å². The molecule has 0 heterocycles. The Hall–Kier alpha value is -4.84.